The molecule has 1 aromatic carbocycles. The van der Waals surface area contributed by atoms with Gasteiger partial charge in [0.15, 0.2) is 24.3 Å². The molecule has 0 aromatic heterocycles. The molecule has 1 N–H and O–H groups in total. The van der Waals surface area contributed by atoms with E-state index in [1.54, 1.807) is 6.07 Å². The van der Waals surface area contributed by atoms with Gasteiger partial charge in [-0.1, -0.05) is 18.2 Å². The Hall–Kier alpha value is 0.0300. The van der Waals surface area contributed by atoms with Gasteiger partial charge in [-0.15, -0.1) is 0 Å². The van der Waals surface area contributed by atoms with Crippen molar-refractivity contribution in [2.24, 2.45) is 0 Å². The van der Waals surface area contributed by atoms with Gasteiger partial charge in [-0.05, 0) is 18.6 Å². The zero-order chi connectivity index (χ0) is 15.2. The Bertz CT molecular complexity index is 813. The van der Waals surface area contributed by atoms with E-state index in [-0.39, 0.29) is 34.5 Å². The zero-order valence-corrected chi connectivity index (χ0v) is 15.5. The molecule has 0 radical (unpaired) electrons. The van der Waals surface area contributed by atoms with Crippen LogP contribution in [-0.4, -0.2) is 45.4 Å². The first-order valence-electron chi connectivity index (χ1n) is 5.53. The smallest absolute Gasteiger partial charge is 0.285 e. The number of sulfone groups is 2. The van der Waals surface area contributed by atoms with Gasteiger partial charge in [0, 0.05) is 0 Å². The average molecular weight is 363 g/mol. The summed E-state index contributed by atoms with van der Waals surface area (Å²) in [6, 6.07) is 6.71. The fourth-order valence-electron chi connectivity index (χ4n) is 2.19. The Balaban J connectivity index is 0.00000220. The van der Waals surface area contributed by atoms with Gasteiger partial charge in [0.2, 0.25) is 0 Å². The molecular weight excluding hydrogens is 351 g/mol. The molecule has 1 aliphatic heterocycles. The summed E-state index contributed by atoms with van der Waals surface area (Å²) in [5.41, 5.74) is 0. The van der Waals surface area contributed by atoms with Crippen molar-refractivity contribution in [2.45, 2.75) is 21.1 Å². The van der Waals surface area contributed by atoms with Gasteiger partial charge in [0.05, 0.1) is 10.6 Å². The number of hydrogen-bond donors (Lipinski definition) is 1. The van der Waals surface area contributed by atoms with Crippen LogP contribution in [0.3, 0.4) is 0 Å². The van der Waals surface area contributed by atoms with E-state index in [9.17, 15) is 25.3 Å². The maximum atomic E-state index is 12.4. The third kappa shape index (κ3) is 3.69. The van der Waals surface area contributed by atoms with Gasteiger partial charge < -0.3 is 0 Å². The summed E-state index contributed by atoms with van der Waals surface area (Å²) < 4.78 is 77.9. The van der Waals surface area contributed by atoms with E-state index in [0.29, 0.717) is 0 Å². The monoisotopic (exact) mass is 363 g/mol. The van der Waals surface area contributed by atoms with E-state index >= 15 is 0 Å². The van der Waals surface area contributed by atoms with Gasteiger partial charge in [-0.3, -0.25) is 4.55 Å². The molecule has 112 valence electrons. The minimum Gasteiger partial charge on any atom is -0.285 e. The van der Waals surface area contributed by atoms with Crippen LogP contribution >= 0.6 is 0 Å². The molecule has 11 heteroatoms. The molecule has 0 spiro atoms. The predicted octanol–water partition coefficient (Wildman–Crippen LogP) is -3.13. The second-order valence-electron chi connectivity index (χ2n) is 4.44. The molecule has 7 nitrogen and oxygen atoms in total. The maximum absolute atomic E-state index is 12.4. The van der Waals surface area contributed by atoms with Crippen molar-refractivity contribution in [3.8, 4) is 0 Å². The van der Waals surface area contributed by atoms with E-state index in [1.165, 1.54) is 24.3 Å². The molecule has 0 saturated carbocycles. The normalized spacial score (nSPS) is 25.2. The molecule has 21 heavy (non-hydrogen) atoms. The molecule has 0 amide bonds. The molecule has 1 saturated heterocycles. The summed E-state index contributed by atoms with van der Waals surface area (Å²) >= 11 is 0. The number of hydrogen-bond acceptors (Lipinski definition) is 6. The first-order valence-corrected chi connectivity index (χ1v) is 10.3. The Morgan fingerprint density at radius 3 is 2.05 bits per heavy atom. The van der Waals surface area contributed by atoms with Crippen molar-refractivity contribution in [2.75, 3.05) is 5.75 Å². The van der Waals surface area contributed by atoms with Crippen molar-refractivity contribution in [3.05, 3.63) is 30.3 Å². The first kappa shape index (κ1) is 19.1. The third-order valence-corrected chi connectivity index (χ3v) is 10.1. The predicted molar refractivity (Wildman–Crippen MR) is 71.2 cm³/mol. The molecule has 2 rings (SSSR count). The minimum absolute atomic E-state index is 0. The fourth-order valence-corrected chi connectivity index (χ4v) is 9.75. The van der Waals surface area contributed by atoms with Gasteiger partial charge in [0.1, 0.15) is 5.25 Å². The van der Waals surface area contributed by atoms with Crippen molar-refractivity contribution in [3.63, 3.8) is 0 Å². The molecule has 1 aliphatic rings. The summed E-state index contributed by atoms with van der Waals surface area (Å²) in [5.74, 6) is -0.589. The second-order valence-corrected chi connectivity index (χ2v) is 10.7. The van der Waals surface area contributed by atoms with Crippen molar-refractivity contribution in [1.82, 2.24) is 0 Å². The fraction of sp³-hybridized carbons (Fsp3) is 0.400. The molecule has 1 heterocycles. The molecule has 0 bridgehead atoms. The molecule has 2 atom stereocenters. The van der Waals surface area contributed by atoms with Crippen LogP contribution in [0.1, 0.15) is 6.42 Å². The van der Waals surface area contributed by atoms with Gasteiger partial charge in [0.25, 0.3) is 10.1 Å². The van der Waals surface area contributed by atoms with E-state index in [4.69, 9.17) is 4.55 Å². The summed E-state index contributed by atoms with van der Waals surface area (Å²) in [5, 5.41) is -1.85. The Morgan fingerprint density at radius 1 is 1.05 bits per heavy atom. The molecule has 1 aromatic rings. The number of benzene rings is 1. The molecule has 1 fully saturated rings. The molecular formula is C10H12NaO7S3+. The van der Waals surface area contributed by atoms with Crippen molar-refractivity contribution in [1.29, 1.82) is 0 Å². The Labute approximate surface area is 145 Å². The van der Waals surface area contributed by atoms with Crippen molar-refractivity contribution < 1.29 is 59.4 Å². The van der Waals surface area contributed by atoms with E-state index in [2.05, 4.69) is 0 Å². The quantitative estimate of drug-likeness (QED) is 0.445. The largest absolute Gasteiger partial charge is 1.00 e. The van der Waals surface area contributed by atoms with Crippen LogP contribution in [0.15, 0.2) is 35.2 Å². The van der Waals surface area contributed by atoms with Gasteiger partial charge in [-0.2, -0.15) is 8.42 Å². The maximum Gasteiger partial charge on any atom is 1.00 e. The van der Waals surface area contributed by atoms with Crippen LogP contribution in [0, 0.1) is 0 Å². The van der Waals surface area contributed by atoms with Crippen molar-refractivity contribution >= 4 is 29.8 Å². The second kappa shape index (κ2) is 6.26. The SMILES string of the molecule is O=S(=O)(O)C1CCS(=O)(=O)C1S(=O)(=O)c1ccccc1.[Na+]. The van der Waals surface area contributed by atoms with E-state index < -0.39 is 51.8 Å². The first-order chi connectivity index (χ1) is 9.07. The summed E-state index contributed by atoms with van der Waals surface area (Å²) in [4.78, 5) is -0.288. The summed E-state index contributed by atoms with van der Waals surface area (Å²) in [6.45, 7) is 0. The summed E-state index contributed by atoms with van der Waals surface area (Å²) in [6.07, 6.45) is -0.433. The Kier molecular flexibility index (Phi) is 5.69. The molecule has 2 unspecified atom stereocenters. The van der Waals surface area contributed by atoms with Crippen LogP contribution in [0.4, 0.5) is 0 Å². The zero-order valence-electron chi connectivity index (χ0n) is 11.1. The van der Waals surface area contributed by atoms with E-state index in [1.807, 2.05) is 0 Å². The van der Waals surface area contributed by atoms with Crippen LogP contribution in [-0.2, 0) is 29.8 Å². The average Bonchev–Trinajstić information content (AvgIpc) is 2.66. The minimum atomic E-state index is -4.77. The van der Waals surface area contributed by atoms with Crippen LogP contribution in [0.2, 0.25) is 0 Å². The van der Waals surface area contributed by atoms with Crippen LogP contribution in [0.5, 0.6) is 0 Å². The topological polar surface area (TPSA) is 123 Å². The number of rotatable bonds is 3. The van der Waals surface area contributed by atoms with Crippen LogP contribution in [0.25, 0.3) is 0 Å². The summed E-state index contributed by atoms with van der Waals surface area (Å²) in [7, 11) is -13.3. The Morgan fingerprint density at radius 2 is 1.57 bits per heavy atom. The van der Waals surface area contributed by atoms with E-state index in [0.717, 1.165) is 0 Å². The van der Waals surface area contributed by atoms with Gasteiger partial charge in [-0.25, -0.2) is 16.8 Å². The standard InChI is InChI=1S/C10H12O7S3.Na/c11-18(12)7-6-9(20(15,16)17)10(18)19(13,14)8-4-2-1-3-5-8;/h1-5,9-10H,6-7H2,(H,15,16,17);/q;+1. The van der Waals surface area contributed by atoms with Gasteiger partial charge >= 0.3 is 29.6 Å². The third-order valence-electron chi connectivity index (χ3n) is 3.10. The molecule has 0 aliphatic carbocycles. The van der Waals surface area contributed by atoms with Crippen LogP contribution < -0.4 is 29.6 Å².